The average Bonchev–Trinajstić information content (AvgIpc) is 3.16. The van der Waals surface area contributed by atoms with Gasteiger partial charge in [-0.15, -0.1) is 5.10 Å². The highest BCUT2D eigenvalue weighted by atomic mass is 32.2. The van der Waals surface area contributed by atoms with Gasteiger partial charge in [0.2, 0.25) is 11.1 Å². The highest BCUT2D eigenvalue weighted by Crippen LogP contribution is 2.31. The number of fused-ring (bicyclic) bond motifs is 1. The van der Waals surface area contributed by atoms with Crippen LogP contribution in [-0.4, -0.2) is 31.4 Å². The van der Waals surface area contributed by atoms with Crippen LogP contribution in [0.25, 0.3) is 5.69 Å². The van der Waals surface area contributed by atoms with Gasteiger partial charge in [0, 0.05) is 0 Å². The van der Waals surface area contributed by atoms with E-state index in [2.05, 4.69) is 39.0 Å². The summed E-state index contributed by atoms with van der Waals surface area (Å²) in [5.74, 6) is 0.00718. The molecule has 0 saturated carbocycles. The second-order valence-corrected chi connectivity index (χ2v) is 8.83. The van der Waals surface area contributed by atoms with E-state index >= 15 is 0 Å². The molecule has 0 fully saturated rings. The Kier molecular flexibility index (Phi) is 5.67. The van der Waals surface area contributed by atoms with E-state index in [1.165, 1.54) is 22.9 Å². The third-order valence-electron chi connectivity index (χ3n) is 5.43. The quantitative estimate of drug-likeness (QED) is 0.648. The maximum Gasteiger partial charge on any atom is 0.233 e. The van der Waals surface area contributed by atoms with E-state index < -0.39 is 0 Å². The van der Waals surface area contributed by atoms with Crippen molar-refractivity contribution in [2.75, 3.05) is 0 Å². The Morgan fingerprint density at radius 3 is 2.72 bits per heavy atom. The molecule has 2 aromatic carbocycles. The van der Waals surface area contributed by atoms with E-state index in [9.17, 15) is 4.79 Å². The third-order valence-corrected chi connectivity index (χ3v) is 6.46. The number of nitrogens with one attached hydrogen (secondary N) is 1. The molecule has 6 nitrogen and oxygen atoms in total. The Balaban J connectivity index is 1.49. The first kappa shape index (κ1) is 19.6. The first-order chi connectivity index (χ1) is 14.0. The number of para-hydroxylation sites is 1. The van der Waals surface area contributed by atoms with E-state index in [-0.39, 0.29) is 17.2 Å². The fraction of sp³-hybridized carbons (Fsp3) is 0.364. The van der Waals surface area contributed by atoms with Gasteiger partial charge in [-0.05, 0) is 72.7 Å². The van der Waals surface area contributed by atoms with Crippen LogP contribution >= 0.6 is 11.8 Å². The van der Waals surface area contributed by atoms with Crippen LogP contribution in [0.5, 0.6) is 0 Å². The molecule has 150 valence electrons. The van der Waals surface area contributed by atoms with Crippen molar-refractivity contribution in [3.63, 3.8) is 0 Å². The van der Waals surface area contributed by atoms with Crippen LogP contribution in [0.1, 0.15) is 48.1 Å². The molecule has 3 aromatic rings. The summed E-state index contributed by atoms with van der Waals surface area (Å²) in [7, 11) is 0. The van der Waals surface area contributed by atoms with E-state index in [4.69, 9.17) is 0 Å². The minimum absolute atomic E-state index is 0.00718. The average molecular weight is 408 g/mol. The molecule has 1 N–H and O–H groups in total. The maximum atomic E-state index is 12.9. The van der Waals surface area contributed by atoms with Gasteiger partial charge in [-0.3, -0.25) is 4.79 Å². The van der Waals surface area contributed by atoms with Crippen LogP contribution in [0.4, 0.5) is 0 Å². The summed E-state index contributed by atoms with van der Waals surface area (Å²) in [6, 6.07) is 14.6. The van der Waals surface area contributed by atoms with Crippen molar-refractivity contribution < 1.29 is 4.79 Å². The number of amides is 1. The zero-order valence-electron chi connectivity index (χ0n) is 16.9. The summed E-state index contributed by atoms with van der Waals surface area (Å²) in [6.45, 7) is 5.97. The second kappa shape index (κ2) is 8.37. The van der Waals surface area contributed by atoms with Crippen molar-refractivity contribution in [3.8, 4) is 5.69 Å². The van der Waals surface area contributed by atoms with Gasteiger partial charge in [-0.25, -0.2) is 0 Å². The number of hydrogen-bond donors (Lipinski definition) is 1. The Morgan fingerprint density at radius 1 is 1.17 bits per heavy atom. The zero-order valence-corrected chi connectivity index (χ0v) is 17.7. The number of thioether (sulfide) groups is 1. The number of benzene rings is 2. The lowest BCUT2D eigenvalue weighted by molar-refractivity contribution is -0.121. The van der Waals surface area contributed by atoms with Gasteiger partial charge in [-0.2, -0.15) is 4.68 Å². The molecule has 4 rings (SSSR count). The van der Waals surface area contributed by atoms with Gasteiger partial charge in [0.15, 0.2) is 0 Å². The van der Waals surface area contributed by atoms with Gasteiger partial charge in [0.25, 0.3) is 0 Å². The monoisotopic (exact) mass is 407 g/mol. The number of aryl methyl sites for hydroxylation is 3. The SMILES string of the molecule is Cc1cccc(C)c1-n1nnnc1S[C@@H](C)C(=O)N[C@H]1CCCc2ccccc21. The number of nitrogens with zero attached hydrogens (tertiary/aromatic N) is 4. The lowest BCUT2D eigenvalue weighted by Crippen LogP contribution is -2.36. The highest BCUT2D eigenvalue weighted by molar-refractivity contribution is 8.00. The molecule has 7 heteroatoms. The van der Waals surface area contributed by atoms with Crippen molar-refractivity contribution in [2.45, 2.75) is 56.5 Å². The smallest absolute Gasteiger partial charge is 0.233 e. The third kappa shape index (κ3) is 4.05. The summed E-state index contributed by atoms with van der Waals surface area (Å²) in [4.78, 5) is 12.9. The van der Waals surface area contributed by atoms with Gasteiger partial charge in [0.1, 0.15) is 0 Å². The van der Waals surface area contributed by atoms with Gasteiger partial charge in [0.05, 0.1) is 17.0 Å². The van der Waals surface area contributed by atoms with E-state index in [1.807, 2.05) is 45.0 Å². The van der Waals surface area contributed by atoms with Crippen LogP contribution in [0.2, 0.25) is 0 Å². The molecular weight excluding hydrogens is 382 g/mol. The molecule has 1 heterocycles. The second-order valence-electron chi connectivity index (χ2n) is 7.53. The summed E-state index contributed by atoms with van der Waals surface area (Å²) in [5, 5.41) is 15.7. The first-order valence-corrected chi connectivity index (χ1v) is 10.8. The van der Waals surface area contributed by atoms with Crippen molar-refractivity contribution in [2.24, 2.45) is 0 Å². The van der Waals surface area contributed by atoms with E-state index in [0.717, 1.165) is 36.1 Å². The zero-order chi connectivity index (χ0) is 20.4. The van der Waals surface area contributed by atoms with Gasteiger partial charge < -0.3 is 5.32 Å². The van der Waals surface area contributed by atoms with Crippen LogP contribution < -0.4 is 5.32 Å². The molecule has 1 aliphatic carbocycles. The Morgan fingerprint density at radius 2 is 1.93 bits per heavy atom. The summed E-state index contributed by atoms with van der Waals surface area (Å²) >= 11 is 1.38. The number of aromatic nitrogens is 4. The number of hydrogen-bond acceptors (Lipinski definition) is 5. The number of carbonyl (C=O) groups is 1. The predicted molar refractivity (Wildman–Crippen MR) is 114 cm³/mol. The van der Waals surface area contributed by atoms with Gasteiger partial charge in [-0.1, -0.05) is 54.2 Å². The fourth-order valence-corrected chi connectivity index (χ4v) is 4.74. The molecule has 0 unspecified atom stereocenters. The van der Waals surface area contributed by atoms with Crippen LogP contribution in [0, 0.1) is 13.8 Å². The van der Waals surface area contributed by atoms with Crippen molar-refractivity contribution in [3.05, 3.63) is 64.7 Å². The molecule has 1 aliphatic rings. The normalized spacial score (nSPS) is 16.9. The molecule has 0 saturated heterocycles. The molecule has 0 spiro atoms. The number of carbonyl (C=O) groups excluding carboxylic acids is 1. The van der Waals surface area contributed by atoms with Crippen LogP contribution in [0.3, 0.4) is 0 Å². The molecule has 0 bridgehead atoms. The Hall–Kier alpha value is -2.67. The highest BCUT2D eigenvalue weighted by Gasteiger charge is 2.25. The van der Waals surface area contributed by atoms with Crippen LogP contribution in [0.15, 0.2) is 47.6 Å². The maximum absolute atomic E-state index is 12.9. The fourth-order valence-electron chi connectivity index (χ4n) is 3.94. The molecule has 1 aromatic heterocycles. The largest absolute Gasteiger partial charge is 0.348 e. The van der Waals surface area contributed by atoms with E-state index in [1.54, 1.807) is 4.68 Å². The molecular formula is C22H25N5OS. The van der Waals surface area contributed by atoms with Crippen molar-refractivity contribution in [1.29, 1.82) is 0 Å². The van der Waals surface area contributed by atoms with E-state index in [0.29, 0.717) is 5.16 Å². The summed E-state index contributed by atoms with van der Waals surface area (Å²) < 4.78 is 1.73. The number of tetrazole rings is 1. The lowest BCUT2D eigenvalue weighted by Gasteiger charge is -2.27. The Labute approximate surface area is 175 Å². The Bertz CT molecular complexity index is 1010. The number of rotatable bonds is 5. The molecule has 29 heavy (non-hydrogen) atoms. The summed E-state index contributed by atoms with van der Waals surface area (Å²) in [6.07, 6.45) is 3.14. The minimum Gasteiger partial charge on any atom is -0.348 e. The topological polar surface area (TPSA) is 72.7 Å². The standard InChI is InChI=1S/C22H25N5OS/c1-14-8-6-9-15(2)20(14)27-22(24-25-26-27)29-16(3)21(28)23-19-13-7-11-17-10-4-5-12-18(17)19/h4-6,8-10,12,16,19H,7,11,13H2,1-3H3,(H,23,28)/t16-,19-/m0/s1. The molecule has 2 atom stereocenters. The van der Waals surface area contributed by atoms with Crippen LogP contribution in [-0.2, 0) is 11.2 Å². The minimum atomic E-state index is -0.307. The van der Waals surface area contributed by atoms with Crippen molar-refractivity contribution in [1.82, 2.24) is 25.5 Å². The van der Waals surface area contributed by atoms with Gasteiger partial charge >= 0.3 is 0 Å². The molecule has 1 amide bonds. The molecule has 0 aliphatic heterocycles. The first-order valence-electron chi connectivity index (χ1n) is 9.94. The summed E-state index contributed by atoms with van der Waals surface area (Å²) in [5.41, 5.74) is 5.73. The lowest BCUT2D eigenvalue weighted by atomic mass is 9.88. The predicted octanol–water partition coefficient (Wildman–Crippen LogP) is 3.95. The molecule has 0 radical (unpaired) electrons. The van der Waals surface area contributed by atoms with Crippen molar-refractivity contribution >= 4 is 17.7 Å².